The molecule has 2 heteroatoms. The maximum Gasteiger partial charge on any atom is 0.181 e. The predicted molar refractivity (Wildman–Crippen MR) is 76.5 cm³/mol. The average Bonchev–Trinajstić information content (AvgIpc) is 2.98. The number of Topliss-reactive ketones (excluding diaryl/α,β-unsaturated/α-hetero) is 1. The van der Waals surface area contributed by atoms with Gasteiger partial charge in [0.15, 0.2) is 5.78 Å². The van der Waals surface area contributed by atoms with Gasteiger partial charge in [-0.2, -0.15) is 0 Å². The second-order valence-electron chi connectivity index (χ2n) is 6.05. The van der Waals surface area contributed by atoms with E-state index in [1.54, 1.807) is 0 Å². The van der Waals surface area contributed by atoms with Gasteiger partial charge in [0.05, 0.1) is 5.69 Å². The lowest BCUT2D eigenvalue weighted by atomic mass is 9.83. The number of hydrogen-bond donors (Lipinski definition) is 0. The van der Waals surface area contributed by atoms with Crippen LogP contribution >= 0.6 is 0 Å². The van der Waals surface area contributed by atoms with E-state index in [-0.39, 0.29) is 0 Å². The molecule has 19 heavy (non-hydrogen) atoms. The summed E-state index contributed by atoms with van der Waals surface area (Å²) in [6.45, 7) is 0. The largest absolute Gasteiger partial charge is 0.334 e. The van der Waals surface area contributed by atoms with Crippen LogP contribution < -0.4 is 0 Å². The van der Waals surface area contributed by atoms with E-state index in [0.29, 0.717) is 17.7 Å². The van der Waals surface area contributed by atoms with Crippen LogP contribution in [0.1, 0.15) is 55.1 Å². The van der Waals surface area contributed by atoms with Gasteiger partial charge in [0, 0.05) is 23.4 Å². The van der Waals surface area contributed by atoms with E-state index < -0.39 is 0 Å². The first kappa shape index (κ1) is 11.3. The molecule has 2 aromatic rings. The maximum atomic E-state index is 12.3. The summed E-state index contributed by atoms with van der Waals surface area (Å²) in [5.74, 6) is 1.04. The Labute approximate surface area is 113 Å². The average molecular weight is 253 g/mol. The molecule has 98 valence electrons. The lowest BCUT2D eigenvalue weighted by molar-refractivity contribution is 0.0978. The lowest BCUT2D eigenvalue weighted by Crippen LogP contribution is -2.19. The van der Waals surface area contributed by atoms with Gasteiger partial charge in [-0.3, -0.25) is 4.79 Å². The van der Waals surface area contributed by atoms with E-state index in [0.717, 1.165) is 12.1 Å². The minimum atomic E-state index is 0.340. The number of aromatic nitrogens is 1. The molecule has 2 aliphatic rings. The van der Waals surface area contributed by atoms with Crippen LogP contribution in [0, 0.1) is 5.92 Å². The van der Waals surface area contributed by atoms with Crippen molar-refractivity contribution >= 4 is 16.7 Å². The molecule has 1 fully saturated rings. The molecule has 1 aliphatic heterocycles. The molecule has 0 radical (unpaired) electrons. The Kier molecular flexibility index (Phi) is 2.51. The summed E-state index contributed by atoms with van der Waals surface area (Å²) in [7, 11) is 0. The van der Waals surface area contributed by atoms with Crippen molar-refractivity contribution in [1.82, 2.24) is 4.57 Å². The third kappa shape index (κ3) is 1.66. The quantitative estimate of drug-likeness (QED) is 0.740. The monoisotopic (exact) mass is 253 g/mol. The zero-order valence-electron chi connectivity index (χ0n) is 11.1. The van der Waals surface area contributed by atoms with Crippen molar-refractivity contribution in [1.29, 1.82) is 0 Å². The molecule has 4 rings (SSSR count). The molecule has 0 amide bonds. The number of ketones is 1. The van der Waals surface area contributed by atoms with Gasteiger partial charge in [0.1, 0.15) is 0 Å². The van der Waals surface area contributed by atoms with E-state index in [1.807, 2.05) is 0 Å². The molecule has 0 spiro atoms. The van der Waals surface area contributed by atoms with Crippen LogP contribution in [0.25, 0.3) is 10.9 Å². The lowest BCUT2D eigenvalue weighted by Gasteiger charge is -2.28. The first-order valence-corrected chi connectivity index (χ1v) is 7.48. The first-order chi connectivity index (χ1) is 9.34. The second kappa shape index (κ2) is 4.22. The Hall–Kier alpha value is -1.57. The molecule has 1 aromatic heterocycles. The van der Waals surface area contributed by atoms with Crippen molar-refractivity contribution in [2.75, 3.05) is 0 Å². The fourth-order valence-electron chi connectivity index (χ4n) is 4.03. The second-order valence-corrected chi connectivity index (χ2v) is 6.05. The van der Waals surface area contributed by atoms with Crippen LogP contribution in [-0.4, -0.2) is 10.4 Å². The number of para-hydroxylation sites is 1. The van der Waals surface area contributed by atoms with E-state index >= 15 is 0 Å². The number of fused-ring (bicyclic) bond motifs is 3. The van der Waals surface area contributed by atoms with Gasteiger partial charge < -0.3 is 4.57 Å². The third-order valence-electron chi connectivity index (χ3n) is 4.95. The number of hydrogen-bond acceptors (Lipinski definition) is 1. The van der Waals surface area contributed by atoms with Crippen molar-refractivity contribution in [2.24, 2.45) is 5.92 Å². The van der Waals surface area contributed by atoms with E-state index in [1.165, 1.54) is 43.0 Å². The molecule has 0 bridgehead atoms. The van der Waals surface area contributed by atoms with Gasteiger partial charge in [-0.1, -0.05) is 37.5 Å². The van der Waals surface area contributed by atoms with Gasteiger partial charge >= 0.3 is 0 Å². The summed E-state index contributed by atoms with van der Waals surface area (Å²) in [4.78, 5) is 12.3. The van der Waals surface area contributed by atoms with Gasteiger partial charge in [-0.25, -0.2) is 0 Å². The van der Waals surface area contributed by atoms with E-state index in [4.69, 9.17) is 0 Å². The van der Waals surface area contributed by atoms with Crippen LogP contribution in [0.2, 0.25) is 0 Å². The van der Waals surface area contributed by atoms with Crippen LogP contribution in [-0.2, 0) is 0 Å². The Morgan fingerprint density at radius 3 is 2.68 bits per heavy atom. The van der Waals surface area contributed by atoms with Gasteiger partial charge in [0.25, 0.3) is 0 Å². The number of carbonyl (C=O) groups is 1. The standard InChI is InChI=1S/C17H19NO/c19-17-11-15(12-6-2-1-3-7-12)18-14-9-5-4-8-13(14)10-16(17)18/h4-5,8-10,12,15H,1-3,6-7,11H2/t15-/m0/s1. The Bertz CT molecular complexity index is 634. The smallest absolute Gasteiger partial charge is 0.181 e. The van der Waals surface area contributed by atoms with Crippen LogP contribution in [0.5, 0.6) is 0 Å². The highest BCUT2D eigenvalue weighted by Gasteiger charge is 2.36. The molecular weight excluding hydrogens is 234 g/mol. The minimum absolute atomic E-state index is 0.340. The molecule has 0 saturated heterocycles. The van der Waals surface area contributed by atoms with Crippen molar-refractivity contribution in [3.05, 3.63) is 36.0 Å². The fourth-order valence-corrected chi connectivity index (χ4v) is 4.03. The van der Waals surface area contributed by atoms with E-state index in [9.17, 15) is 4.79 Å². The van der Waals surface area contributed by atoms with Crippen LogP contribution in [0.4, 0.5) is 0 Å². The molecule has 0 N–H and O–H groups in total. The zero-order valence-corrected chi connectivity index (χ0v) is 11.1. The molecule has 1 aromatic carbocycles. The molecule has 1 saturated carbocycles. The predicted octanol–water partition coefficient (Wildman–Crippen LogP) is 4.35. The molecule has 1 aliphatic carbocycles. The number of carbonyl (C=O) groups excluding carboxylic acids is 1. The van der Waals surface area contributed by atoms with Gasteiger partial charge in [-0.15, -0.1) is 0 Å². The SMILES string of the molecule is O=C1C[C@@H](C2CCCCC2)n2c1cc1ccccc12. The Morgan fingerprint density at radius 1 is 1.05 bits per heavy atom. The Balaban J connectivity index is 1.83. The molecule has 2 nitrogen and oxygen atoms in total. The summed E-state index contributed by atoms with van der Waals surface area (Å²) in [5.41, 5.74) is 2.19. The summed E-state index contributed by atoms with van der Waals surface area (Å²) in [6, 6.07) is 10.9. The van der Waals surface area contributed by atoms with Gasteiger partial charge in [0.2, 0.25) is 0 Å². The normalized spacial score (nSPS) is 24.0. The Morgan fingerprint density at radius 2 is 1.84 bits per heavy atom. The topological polar surface area (TPSA) is 22.0 Å². The zero-order chi connectivity index (χ0) is 12.8. The van der Waals surface area contributed by atoms with Crippen molar-refractivity contribution < 1.29 is 4.79 Å². The van der Waals surface area contributed by atoms with Crippen molar-refractivity contribution in [3.63, 3.8) is 0 Å². The molecule has 1 atom stereocenters. The highest BCUT2D eigenvalue weighted by molar-refractivity contribution is 6.02. The summed E-state index contributed by atoms with van der Waals surface area (Å²) >= 11 is 0. The first-order valence-electron chi connectivity index (χ1n) is 7.48. The number of rotatable bonds is 1. The molecule has 0 unspecified atom stereocenters. The highest BCUT2D eigenvalue weighted by atomic mass is 16.1. The number of nitrogens with zero attached hydrogens (tertiary/aromatic N) is 1. The summed E-state index contributed by atoms with van der Waals surface area (Å²) in [5, 5.41) is 1.21. The van der Waals surface area contributed by atoms with Crippen LogP contribution in [0.3, 0.4) is 0 Å². The summed E-state index contributed by atoms with van der Waals surface area (Å²) < 4.78 is 2.34. The third-order valence-corrected chi connectivity index (χ3v) is 4.95. The summed E-state index contributed by atoms with van der Waals surface area (Å²) in [6.07, 6.45) is 7.36. The molecule has 2 heterocycles. The minimum Gasteiger partial charge on any atom is -0.334 e. The van der Waals surface area contributed by atoms with Crippen molar-refractivity contribution in [2.45, 2.75) is 44.6 Å². The number of benzene rings is 1. The maximum absolute atomic E-state index is 12.3. The molecular formula is C17H19NO. The van der Waals surface area contributed by atoms with Gasteiger partial charge in [-0.05, 0) is 30.9 Å². The van der Waals surface area contributed by atoms with E-state index in [2.05, 4.69) is 34.9 Å². The van der Waals surface area contributed by atoms with Crippen molar-refractivity contribution in [3.8, 4) is 0 Å². The van der Waals surface area contributed by atoms with Crippen LogP contribution in [0.15, 0.2) is 30.3 Å². The fraction of sp³-hybridized carbons (Fsp3) is 0.471. The highest BCUT2D eigenvalue weighted by Crippen LogP contribution is 2.42.